The topological polar surface area (TPSA) is 12.0 Å². The average Bonchev–Trinajstić information content (AvgIpc) is 1.78. The van der Waals surface area contributed by atoms with E-state index >= 15 is 0 Å². The number of thioether (sulfide) groups is 1. The summed E-state index contributed by atoms with van der Waals surface area (Å²) in [6.07, 6.45) is 1.26. The van der Waals surface area contributed by atoms with Crippen LogP contribution in [0, 0.1) is 5.41 Å². The van der Waals surface area contributed by atoms with Gasteiger partial charge in [0, 0.05) is 10.6 Å². The summed E-state index contributed by atoms with van der Waals surface area (Å²) in [5.41, 5.74) is 0.435. The Morgan fingerprint density at radius 3 is 1.92 bits per heavy atom. The van der Waals surface area contributed by atoms with Crippen LogP contribution in [0.5, 0.6) is 0 Å². The molecule has 0 rings (SSSR count). The van der Waals surface area contributed by atoms with E-state index in [9.17, 15) is 0 Å². The van der Waals surface area contributed by atoms with E-state index in [1.807, 2.05) is 18.8 Å². The standard InChI is InChI=1S/C10H23NS/c1-9(2,3)7-10(4,5)12-8-11-6/h11H,7-8H2,1-6H3. The van der Waals surface area contributed by atoms with Crippen molar-refractivity contribution < 1.29 is 0 Å². The second-order valence-corrected chi connectivity index (χ2v) is 6.82. The van der Waals surface area contributed by atoms with Crippen LogP contribution in [0.15, 0.2) is 0 Å². The van der Waals surface area contributed by atoms with Crippen LogP contribution in [0.4, 0.5) is 0 Å². The molecule has 0 amide bonds. The normalized spacial score (nSPS) is 13.5. The summed E-state index contributed by atoms with van der Waals surface area (Å²) in [7, 11) is 2.00. The van der Waals surface area contributed by atoms with Gasteiger partial charge in [-0.2, -0.15) is 0 Å². The second-order valence-electron chi connectivity index (χ2n) is 5.14. The summed E-state index contributed by atoms with van der Waals surface area (Å²) >= 11 is 1.99. The molecule has 0 aliphatic rings. The Balaban J connectivity index is 3.86. The largest absolute Gasteiger partial charge is 0.311 e. The lowest BCUT2D eigenvalue weighted by Crippen LogP contribution is -2.25. The second kappa shape index (κ2) is 4.52. The lowest BCUT2D eigenvalue weighted by Gasteiger charge is -2.31. The Hall–Kier alpha value is 0.310. The van der Waals surface area contributed by atoms with Gasteiger partial charge in [0.05, 0.1) is 0 Å². The number of hydrogen-bond donors (Lipinski definition) is 1. The number of rotatable bonds is 4. The van der Waals surface area contributed by atoms with Crippen molar-refractivity contribution in [2.75, 3.05) is 12.9 Å². The molecule has 0 aliphatic carbocycles. The Labute approximate surface area is 81.7 Å². The summed E-state index contributed by atoms with van der Waals surface area (Å²) in [5.74, 6) is 1.04. The molecular formula is C10H23NS. The SMILES string of the molecule is CNCSC(C)(C)CC(C)(C)C. The van der Waals surface area contributed by atoms with Crippen LogP contribution in [0.1, 0.15) is 41.0 Å². The maximum absolute atomic E-state index is 3.17. The lowest BCUT2D eigenvalue weighted by molar-refractivity contribution is 0.339. The third kappa shape index (κ3) is 6.99. The Morgan fingerprint density at radius 2 is 1.58 bits per heavy atom. The molecule has 1 N–H and O–H groups in total. The van der Waals surface area contributed by atoms with E-state index < -0.39 is 0 Å². The molecule has 0 spiro atoms. The molecule has 0 fully saturated rings. The Kier molecular flexibility index (Phi) is 4.64. The molecule has 0 saturated heterocycles. The first kappa shape index (κ1) is 12.3. The smallest absolute Gasteiger partial charge is 0.0420 e. The fourth-order valence-corrected chi connectivity index (χ4v) is 2.67. The van der Waals surface area contributed by atoms with Gasteiger partial charge >= 0.3 is 0 Å². The minimum absolute atomic E-state index is 0.390. The number of nitrogens with one attached hydrogen (secondary N) is 1. The van der Waals surface area contributed by atoms with E-state index in [4.69, 9.17) is 0 Å². The molecular weight excluding hydrogens is 166 g/mol. The van der Waals surface area contributed by atoms with E-state index in [1.165, 1.54) is 6.42 Å². The summed E-state index contributed by atoms with van der Waals surface area (Å²) < 4.78 is 0.390. The Morgan fingerprint density at radius 1 is 1.08 bits per heavy atom. The molecule has 0 aromatic carbocycles. The van der Waals surface area contributed by atoms with Crippen LogP contribution < -0.4 is 5.32 Å². The molecule has 0 unspecified atom stereocenters. The van der Waals surface area contributed by atoms with Crippen molar-refractivity contribution in [1.82, 2.24) is 5.32 Å². The molecule has 2 heteroatoms. The van der Waals surface area contributed by atoms with Crippen molar-refractivity contribution in [3.05, 3.63) is 0 Å². The van der Waals surface area contributed by atoms with Gasteiger partial charge in [0.2, 0.25) is 0 Å². The molecule has 0 saturated carbocycles. The Bertz CT molecular complexity index is 124. The third-order valence-corrected chi connectivity index (χ3v) is 2.92. The summed E-state index contributed by atoms with van der Waals surface area (Å²) in [4.78, 5) is 0. The van der Waals surface area contributed by atoms with Crippen molar-refractivity contribution in [2.45, 2.75) is 45.8 Å². The molecule has 74 valence electrons. The zero-order chi connectivity index (χ0) is 9.83. The molecule has 0 heterocycles. The molecule has 0 radical (unpaired) electrons. The highest BCUT2D eigenvalue weighted by molar-refractivity contribution is 8.00. The van der Waals surface area contributed by atoms with Crippen molar-refractivity contribution in [1.29, 1.82) is 0 Å². The maximum Gasteiger partial charge on any atom is 0.0420 e. The minimum atomic E-state index is 0.390. The first-order chi connectivity index (χ1) is 5.27. The highest BCUT2D eigenvalue weighted by Gasteiger charge is 2.25. The molecule has 0 atom stereocenters. The zero-order valence-corrected chi connectivity index (χ0v) is 10.1. The van der Waals surface area contributed by atoms with Gasteiger partial charge < -0.3 is 5.32 Å². The highest BCUT2D eigenvalue weighted by atomic mass is 32.2. The highest BCUT2D eigenvalue weighted by Crippen LogP contribution is 2.35. The monoisotopic (exact) mass is 189 g/mol. The molecule has 0 aliphatic heterocycles. The van der Waals surface area contributed by atoms with Crippen LogP contribution in [-0.4, -0.2) is 17.7 Å². The predicted octanol–water partition coefficient (Wildman–Crippen LogP) is 3.11. The van der Waals surface area contributed by atoms with Gasteiger partial charge in [-0.25, -0.2) is 0 Å². The minimum Gasteiger partial charge on any atom is -0.311 e. The average molecular weight is 189 g/mol. The quantitative estimate of drug-likeness (QED) is 0.682. The van der Waals surface area contributed by atoms with E-state index in [1.54, 1.807) is 0 Å². The molecule has 12 heavy (non-hydrogen) atoms. The van der Waals surface area contributed by atoms with Crippen LogP contribution in [0.25, 0.3) is 0 Å². The first-order valence-electron chi connectivity index (χ1n) is 4.55. The van der Waals surface area contributed by atoms with Crippen molar-refractivity contribution >= 4 is 11.8 Å². The van der Waals surface area contributed by atoms with Gasteiger partial charge in [0.25, 0.3) is 0 Å². The number of hydrogen-bond acceptors (Lipinski definition) is 2. The molecule has 0 aromatic heterocycles. The summed E-state index contributed by atoms with van der Waals surface area (Å²) in [6.45, 7) is 11.5. The van der Waals surface area contributed by atoms with Gasteiger partial charge in [-0.05, 0) is 18.9 Å². The molecule has 1 nitrogen and oxygen atoms in total. The van der Waals surface area contributed by atoms with Crippen molar-refractivity contribution in [3.8, 4) is 0 Å². The maximum atomic E-state index is 3.17. The first-order valence-corrected chi connectivity index (χ1v) is 5.54. The zero-order valence-electron chi connectivity index (χ0n) is 9.32. The summed E-state index contributed by atoms with van der Waals surface area (Å²) in [5, 5.41) is 3.17. The van der Waals surface area contributed by atoms with Crippen LogP contribution >= 0.6 is 11.8 Å². The van der Waals surface area contributed by atoms with E-state index in [0.29, 0.717) is 10.2 Å². The molecule has 0 bridgehead atoms. The van der Waals surface area contributed by atoms with E-state index in [0.717, 1.165) is 5.88 Å². The fourth-order valence-electron chi connectivity index (χ4n) is 1.60. The van der Waals surface area contributed by atoms with Gasteiger partial charge in [-0.3, -0.25) is 0 Å². The van der Waals surface area contributed by atoms with Gasteiger partial charge in [-0.1, -0.05) is 34.6 Å². The van der Waals surface area contributed by atoms with Crippen LogP contribution in [-0.2, 0) is 0 Å². The van der Waals surface area contributed by atoms with E-state index in [-0.39, 0.29) is 0 Å². The predicted molar refractivity (Wildman–Crippen MR) is 59.7 cm³/mol. The van der Waals surface area contributed by atoms with E-state index in [2.05, 4.69) is 39.9 Å². The van der Waals surface area contributed by atoms with Crippen molar-refractivity contribution in [3.63, 3.8) is 0 Å². The van der Waals surface area contributed by atoms with Gasteiger partial charge in [-0.15, -0.1) is 11.8 Å². The lowest BCUT2D eigenvalue weighted by atomic mass is 9.86. The third-order valence-electron chi connectivity index (χ3n) is 1.56. The van der Waals surface area contributed by atoms with Crippen LogP contribution in [0.3, 0.4) is 0 Å². The fraction of sp³-hybridized carbons (Fsp3) is 1.00. The summed E-state index contributed by atoms with van der Waals surface area (Å²) in [6, 6.07) is 0. The van der Waals surface area contributed by atoms with Crippen molar-refractivity contribution in [2.24, 2.45) is 5.41 Å². The molecule has 0 aromatic rings. The van der Waals surface area contributed by atoms with Crippen LogP contribution in [0.2, 0.25) is 0 Å². The van der Waals surface area contributed by atoms with Gasteiger partial charge in [0.15, 0.2) is 0 Å². The van der Waals surface area contributed by atoms with Gasteiger partial charge in [0.1, 0.15) is 0 Å².